The van der Waals surface area contributed by atoms with Crippen LogP contribution in [0.25, 0.3) is 11.0 Å². The van der Waals surface area contributed by atoms with E-state index in [9.17, 15) is 0 Å². The van der Waals surface area contributed by atoms with Crippen LogP contribution in [0.1, 0.15) is 6.42 Å². The van der Waals surface area contributed by atoms with E-state index in [-0.39, 0.29) is 5.28 Å². The van der Waals surface area contributed by atoms with Crippen molar-refractivity contribution in [2.24, 2.45) is 0 Å². The van der Waals surface area contributed by atoms with Crippen LogP contribution in [0.15, 0.2) is 6.20 Å². The Morgan fingerprint density at radius 3 is 3.25 bits per heavy atom. The van der Waals surface area contributed by atoms with Crippen LogP contribution in [0.5, 0.6) is 0 Å². The van der Waals surface area contributed by atoms with Crippen molar-refractivity contribution in [1.29, 1.82) is 0 Å². The van der Waals surface area contributed by atoms with Crippen LogP contribution in [0, 0.1) is 0 Å². The van der Waals surface area contributed by atoms with Crippen molar-refractivity contribution in [2.45, 2.75) is 12.5 Å². The van der Waals surface area contributed by atoms with Crippen LogP contribution in [-0.2, 0) is 0 Å². The largest absolute Gasteiger partial charge is 0.366 e. The molecule has 84 valence electrons. The third kappa shape index (κ3) is 1.82. The van der Waals surface area contributed by atoms with Crippen molar-refractivity contribution in [3.05, 3.63) is 11.5 Å². The zero-order valence-electron chi connectivity index (χ0n) is 8.40. The smallest absolute Gasteiger partial charge is 0.226 e. The highest BCUT2D eigenvalue weighted by Gasteiger charge is 2.17. The molecule has 16 heavy (non-hydrogen) atoms. The molecule has 0 bridgehead atoms. The second-order valence-corrected chi connectivity index (χ2v) is 5.17. The van der Waals surface area contributed by atoms with Crippen molar-refractivity contribution in [3.8, 4) is 0 Å². The predicted octanol–water partition coefficient (Wildman–Crippen LogP) is 1.92. The molecule has 2 N–H and O–H groups in total. The predicted molar refractivity (Wildman–Crippen MR) is 66.0 cm³/mol. The number of nitrogens with one attached hydrogen (secondary N) is 2. The van der Waals surface area contributed by atoms with E-state index in [1.54, 1.807) is 6.20 Å². The zero-order valence-corrected chi connectivity index (χ0v) is 9.98. The monoisotopic (exact) mass is 255 g/mol. The molecule has 0 saturated carbocycles. The molecule has 3 heterocycles. The Balaban J connectivity index is 1.97. The number of H-pyrrole nitrogens is 1. The zero-order chi connectivity index (χ0) is 11.0. The maximum Gasteiger partial charge on any atom is 0.226 e. The molecular weight excluding hydrogens is 246 g/mol. The Bertz CT molecular complexity index is 508. The van der Waals surface area contributed by atoms with Gasteiger partial charge in [-0.2, -0.15) is 26.8 Å². The standard InChI is InChI=1S/C9H10ClN5S/c10-9-13-7(12-5-1-2-16-4-5)6-3-11-15-8(6)14-9/h3,5H,1-2,4H2,(H2,11,12,13,14,15). The summed E-state index contributed by atoms with van der Waals surface area (Å²) in [6.07, 6.45) is 2.88. The Labute approximate surface area is 101 Å². The lowest BCUT2D eigenvalue weighted by atomic mass is 10.2. The molecule has 0 aliphatic carbocycles. The summed E-state index contributed by atoms with van der Waals surface area (Å²) in [6.45, 7) is 0. The molecule has 0 spiro atoms. The number of hydrogen-bond acceptors (Lipinski definition) is 5. The van der Waals surface area contributed by atoms with Crippen molar-refractivity contribution in [2.75, 3.05) is 16.8 Å². The fourth-order valence-corrected chi connectivity index (χ4v) is 3.08. The first-order chi connectivity index (χ1) is 7.83. The summed E-state index contributed by atoms with van der Waals surface area (Å²) in [7, 11) is 0. The molecule has 1 fully saturated rings. The maximum atomic E-state index is 5.85. The molecule has 1 unspecified atom stereocenters. The first-order valence-electron chi connectivity index (χ1n) is 5.04. The first kappa shape index (κ1) is 10.2. The summed E-state index contributed by atoms with van der Waals surface area (Å²) in [4.78, 5) is 8.27. The van der Waals surface area contributed by atoms with Gasteiger partial charge in [0.15, 0.2) is 5.65 Å². The number of rotatable bonds is 2. The Morgan fingerprint density at radius 1 is 1.50 bits per heavy atom. The summed E-state index contributed by atoms with van der Waals surface area (Å²) >= 11 is 7.80. The third-order valence-corrected chi connectivity index (χ3v) is 3.88. The van der Waals surface area contributed by atoms with E-state index in [0.29, 0.717) is 11.7 Å². The number of nitrogens with zero attached hydrogens (tertiary/aromatic N) is 3. The van der Waals surface area contributed by atoms with E-state index in [4.69, 9.17) is 11.6 Å². The van der Waals surface area contributed by atoms with Crippen LogP contribution in [0.4, 0.5) is 5.82 Å². The minimum Gasteiger partial charge on any atom is -0.366 e. The number of aromatic nitrogens is 4. The summed E-state index contributed by atoms with van der Waals surface area (Å²) < 4.78 is 0. The quantitative estimate of drug-likeness (QED) is 0.803. The number of thioether (sulfide) groups is 1. The summed E-state index contributed by atoms with van der Waals surface area (Å²) in [6, 6.07) is 0.467. The van der Waals surface area contributed by atoms with Gasteiger partial charge >= 0.3 is 0 Å². The van der Waals surface area contributed by atoms with Crippen LogP contribution in [-0.4, -0.2) is 37.7 Å². The highest BCUT2D eigenvalue weighted by molar-refractivity contribution is 7.99. The molecule has 2 aromatic heterocycles. The molecule has 1 aliphatic rings. The van der Waals surface area contributed by atoms with Crippen LogP contribution in [0.3, 0.4) is 0 Å². The topological polar surface area (TPSA) is 66.5 Å². The molecule has 3 rings (SSSR count). The molecular formula is C9H10ClN5S. The number of aromatic amines is 1. The molecule has 1 atom stereocenters. The third-order valence-electron chi connectivity index (χ3n) is 2.55. The molecule has 0 amide bonds. The average molecular weight is 256 g/mol. The highest BCUT2D eigenvalue weighted by Crippen LogP contribution is 2.25. The van der Waals surface area contributed by atoms with Crippen LogP contribution in [0.2, 0.25) is 5.28 Å². The lowest BCUT2D eigenvalue weighted by Crippen LogP contribution is -2.19. The molecule has 0 aromatic carbocycles. The molecule has 0 radical (unpaired) electrons. The van der Waals surface area contributed by atoms with Gasteiger partial charge in [0.25, 0.3) is 0 Å². The van der Waals surface area contributed by atoms with Crippen LogP contribution < -0.4 is 5.32 Å². The van der Waals surface area contributed by atoms with Gasteiger partial charge in [-0.3, -0.25) is 5.10 Å². The first-order valence-corrected chi connectivity index (χ1v) is 6.57. The van der Waals surface area contributed by atoms with E-state index >= 15 is 0 Å². The number of hydrogen-bond donors (Lipinski definition) is 2. The van der Waals surface area contributed by atoms with E-state index in [0.717, 1.165) is 23.4 Å². The molecule has 1 aliphatic heterocycles. The molecule has 7 heteroatoms. The summed E-state index contributed by atoms with van der Waals surface area (Å²) in [5.41, 5.74) is 0.674. The Morgan fingerprint density at radius 2 is 2.44 bits per heavy atom. The second-order valence-electron chi connectivity index (χ2n) is 3.68. The maximum absolute atomic E-state index is 5.85. The van der Waals surface area contributed by atoms with Crippen molar-refractivity contribution < 1.29 is 0 Å². The number of fused-ring (bicyclic) bond motifs is 1. The Kier molecular flexibility index (Phi) is 2.61. The van der Waals surface area contributed by atoms with E-state index in [2.05, 4.69) is 25.5 Å². The van der Waals surface area contributed by atoms with Gasteiger partial charge in [0.05, 0.1) is 11.6 Å². The summed E-state index contributed by atoms with van der Waals surface area (Å²) in [5.74, 6) is 3.09. The van der Waals surface area contributed by atoms with E-state index in [1.807, 2.05) is 11.8 Å². The fourth-order valence-electron chi connectivity index (χ4n) is 1.76. The van der Waals surface area contributed by atoms with Gasteiger partial charge in [-0.15, -0.1) is 0 Å². The van der Waals surface area contributed by atoms with Gasteiger partial charge in [0.2, 0.25) is 5.28 Å². The SMILES string of the molecule is Clc1nc(NC2CCSC2)c2cn[nH]c2n1. The van der Waals surface area contributed by atoms with Gasteiger partial charge < -0.3 is 5.32 Å². The lowest BCUT2D eigenvalue weighted by molar-refractivity contribution is 0.808. The van der Waals surface area contributed by atoms with Gasteiger partial charge in [-0.05, 0) is 23.8 Å². The van der Waals surface area contributed by atoms with E-state index < -0.39 is 0 Å². The van der Waals surface area contributed by atoms with E-state index in [1.165, 1.54) is 5.75 Å². The molecule has 2 aromatic rings. The highest BCUT2D eigenvalue weighted by atomic mass is 35.5. The average Bonchev–Trinajstić information content (AvgIpc) is 2.87. The van der Waals surface area contributed by atoms with Crippen LogP contribution >= 0.6 is 23.4 Å². The minimum atomic E-state index is 0.241. The van der Waals surface area contributed by atoms with Crippen molar-refractivity contribution >= 4 is 40.2 Å². The van der Waals surface area contributed by atoms with Gasteiger partial charge in [-0.1, -0.05) is 0 Å². The summed E-state index contributed by atoms with van der Waals surface area (Å²) in [5, 5.41) is 11.3. The van der Waals surface area contributed by atoms with Gasteiger partial charge in [0, 0.05) is 11.8 Å². The molecule has 1 saturated heterocycles. The van der Waals surface area contributed by atoms with Gasteiger partial charge in [-0.25, -0.2) is 0 Å². The number of halogens is 1. The van der Waals surface area contributed by atoms with Crippen molar-refractivity contribution in [1.82, 2.24) is 20.2 Å². The van der Waals surface area contributed by atoms with Gasteiger partial charge in [0.1, 0.15) is 5.82 Å². The lowest BCUT2D eigenvalue weighted by Gasteiger charge is -2.12. The normalized spacial score (nSPS) is 20.4. The Hall–Kier alpha value is -1.01. The second kappa shape index (κ2) is 4.10. The number of anilines is 1. The fraction of sp³-hybridized carbons (Fsp3) is 0.444. The van der Waals surface area contributed by atoms with Crippen molar-refractivity contribution in [3.63, 3.8) is 0 Å². The minimum absolute atomic E-state index is 0.241. The molecule has 5 nitrogen and oxygen atoms in total.